The van der Waals surface area contributed by atoms with E-state index in [0.29, 0.717) is 5.75 Å². The van der Waals surface area contributed by atoms with Gasteiger partial charge in [0.1, 0.15) is 6.10 Å². The highest BCUT2D eigenvalue weighted by molar-refractivity contribution is 5.71. The zero-order valence-electron chi connectivity index (χ0n) is 13.9. The molecule has 23 heavy (non-hydrogen) atoms. The number of carboxylic acid groups (broad SMARTS) is 1. The van der Waals surface area contributed by atoms with Crippen LogP contribution in [0.15, 0.2) is 18.2 Å². The van der Waals surface area contributed by atoms with Crippen LogP contribution < -0.4 is 9.47 Å². The lowest BCUT2D eigenvalue weighted by molar-refractivity contribution is -0.137. The average Bonchev–Trinajstić information content (AvgIpc) is 3.27. The largest absolute Gasteiger partial charge is 0.493 e. The van der Waals surface area contributed by atoms with Crippen LogP contribution in [0.5, 0.6) is 11.5 Å². The number of carboxylic acids is 1. The number of methoxy groups -OCH3 is 1. The SMILES string of the molecule is COc1c(OC2CCCN(C)C2)cccc1C1(CC(=O)O)CC1. The summed E-state index contributed by atoms with van der Waals surface area (Å²) >= 11 is 0. The number of benzene rings is 1. The van der Waals surface area contributed by atoms with Crippen molar-refractivity contribution in [2.24, 2.45) is 0 Å². The third kappa shape index (κ3) is 3.44. The number of ether oxygens (including phenoxy) is 2. The molecule has 1 saturated carbocycles. The van der Waals surface area contributed by atoms with Crippen LogP contribution in [0, 0.1) is 0 Å². The highest BCUT2D eigenvalue weighted by atomic mass is 16.5. The van der Waals surface area contributed by atoms with Crippen LogP contribution in [0.2, 0.25) is 0 Å². The van der Waals surface area contributed by atoms with Crippen molar-refractivity contribution in [2.75, 3.05) is 27.2 Å². The standard InChI is InChI=1S/C18H25NO4/c1-19-10-4-5-13(12-19)23-15-7-3-6-14(17(15)22-2)18(8-9-18)11-16(20)21/h3,6-7,13H,4-5,8-12H2,1-2H3,(H,20,21). The van der Waals surface area contributed by atoms with Gasteiger partial charge in [-0.15, -0.1) is 0 Å². The molecule has 1 heterocycles. The highest BCUT2D eigenvalue weighted by Crippen LogP contribution is 2.55. The lowest BCUT2D eigenvalue weighted by atomic mass is 9.91. The van der Waals surface area contributed by atoms with Crippen LogP contribution in [0.1, 0.15) is 37.7 Å². The van der Waals surface area contributed by atoms with Gasteiger partial charge in [0, 0.05) is 17.5 Å². The van der Waals surface area contributed by atoms with Gasteiger partial charge >= 0.3 is 5.97 Å². The average molecular weight is 319 g/mol. The summed E-state index contributed by atoms with van der Waals surface area (Å²) in [5, 5.41) is 9.20. The van der Waals surface area contributed by atoms with Gasteiger partial charge < -0.3 is 19.5 Å². The minimum Gasteiger partial charge on any atom is -0.493 e. The Morgan fingerprint density at radius 2 is 2.22 bits per heavy atom. The molecule has 0 aromatic heterocycles. The van der Waals surface area contributed by atoms with E-state index in [1.165, 1.54) is 0 Å². The predicted octanol–water partition coefficient (Wildman–Crippen LogP) is 2.67. The van der Waals surface area contributed by atoms with Gasteiger partial charge in [0.25, 0.3) is 0 Å². The van der Waals surface area contributed by atoms with E-state index >= 15 is 0 Å². The fraction of sp³-hybridized carbons (Fsp3) is 0.611. The van der Waals surface area contributed by atoms with Gasteiger partial charge in [0.2, 0.25) is 0 Å². The molecule has 0 amide bonds. The van der Waals surface area contributed by atoms with Crippen molar-refractivity contribution in [3.05, 3.63) is 23.8 Å². The molecule has 126 valence electrons. The molecule has 1 aromatic carbocycles. The molecule has 2 aliphatic rings. The van der Waals surface area contributed by atoms with Crippen LogP contribution >= 0.6 is 0 Å². The molecule has 2 fully saturated rings. The fourth-order valence-electron chi connectivity index (χ4n) is 3.61. The number of hydrogen-bond donors (Lipinski definition) is 1. The van der Waals surface area contributed by atoms with Crippen LogP contribution in [0.3, 0.4) is 0 Å². The van der Waals surface area contributed by atoms with Crippen molar-refractivity contribution in [1.82, 2.24) is 4.90 Å². The first-order valence-electron chi connectivity index (χ1n) is 8.28. The van der Waals surface area contributed by atoms with E-state index in [2.05, 4.69) is 11.9 Å². The lowest BCUT2D eigenvalue weighted by Crippen LogP contribution is -2.38. The lowest BCUT2D eigenvalue weighted by Gasteiger charge is -2.31. The molecule has 1 unspecified atom stereocenters. The van der Waals surface area contributed by atoms with Crippen LogP contribution in [-0.4, -0.2) is 49.3 Å². The molecule has 1 atom stereocenters. The molecule has 0 radical (unpaired) electrons. The van der Waals surface area contributed by atoms with Crippen molar-refractivity contribution in [3.8, 4) is 11.5 Å². The maximum absolute atomic E-state index is 11.2. The molecule has 1 N–H and O–H groups in total. The highest BCUT2D eigenvalue weighted by Gasteiger charge is 2.48. The maximum Gasteiger partial charge on any atom is 0.304 e. The number of piperidine rings is 1. The van der Waals surface area contributed by atoms with E-state index in [1.54, 1.807) is 7.11 Å². The number of nitrogens with zero attached hydrogens (tertiary/aromatic N) is 1. The topological polar surface area (TPSA) is 59.0 Å². The van der Waals surface area contributed by atoms with Crippen molar-refractivity contribution in [3.63, 3.8) is 0 Å². The first-order valence-corrected chi connectivity index (χ1v) is 8.28. The number of aliphatic carboxylic acids is 1. The predicted molar refractivity (Wildman–Crippen MR) is 87.3 cm³/mol. The van der Waals surface area contributed by atoms with E-state index in [0.717, 1.165) is 50.1 Å². The Morgan fingerprint density at radius 1 is 1.43 bits per heavy atom. The number of carbonyl (C=O) groups is 1. The molecule has 1 aromatic rings. The Kier molecular flexibility index (Phi) is 4.48. The summed E-state index contributed by atoms with van der Waals surface area (Å²) in [5.74, 6) is 0.686. The molecule has 5 nitrogen and oxygen atoms in total. The number of likely N-dealkylation sites (tertiary alicyclic amines) is 1. The van der Waals surface area contributed by atoms with E-state index in [1.807, 2.05) is 18.2 Å². The van der Waals surface area contributed by atoms with Crippen molar-refractivity contribution < 1.29 is 19.4 Å². The summed E-state index contributed by atoms with van der Waals surface area (Å²) in [4.78, 5) is 13.5. The van der Waals surface area contributed by atoms with Crippen LogP contribution in [0.4, 0.5) is 0 Å². The summed E-state index contributed by atoms with van der Waals surface area (Å²) in [6, 6.07) is 5.85. The van der Waals surface area contributed by atoms with Gasteiger partial charge in [0.15, 0.2) is 11.5 Å². The molecule has 5 heteroatoms. The third-order valence-electron chi connectivity index (χ3n) is 4.97. The Balaban J connectivity index is 1.84. The molecule has 1 saturated heterocycles. The Bertz CT molecular complexity index is 582. The third-order valence-corrected chi connectivity index (χ3v) is 4.97. The smallest absolute Gasteiger partial charge is 0.304 e. The molecule has 0 spiro atoms. The van der Waals surface area contributed by atoms with Gasteiger partial charge in [-0.3, -0.25) is 4.79 Å². The first kappa shape index (κ1) is 16.1. The summed E-state index contributed by atoms with van der Waals surface area (Å²) in [6.07, 6.45) is 4.27. The molecule has 1 aliphatic heterocycles. The molecular weight excluding hydrogens is 294 g/mol. The second-order valence-corrected chi connectivity index (χ2v) is 6.83. The fourth-order valence-corrected chi connectivity index (χ4v) is 3.61. The Hall–Kier alpha value is -1.75. The zero-order valence-corrected chi connectivity index (χ0v) is 13.9. The number of para-hydroxylation sites is 1. The second kappa shape index (κ2) is 6.40. The monoisotopic (exact) mass is 319 g/mol. The summed E-state index contributed by atoms with van der Waals surface area (Å²) < 4.78 is 11.8. The van der Waals surface area contributed by atoms with E-state index in [9.17, 15) is 9.90 Å². The van der Waals surface area contributed by atoms with E-state index in [4.69, 9.17) is 9.47 Å². The number of likely N-dealkylation sites (N-methyl/N-ethyl adjacent to an activating group) is 1. The summed E-state index contributed by atoms with van der Waals surface area (Å²) in [5.41, 5.74) is 0.698. The van der Waals surface area contributed by atoms with Crippen LogP contribution in [0.25, 0.3) is 0 Å². The minimum absolute atomic E-state index is 0.152. The van der Waals surface area contributed by atoms with Gasteiger partial charge in [-0.1, -0.05) is 12.1 Å². The summed E-state index contributed by atoms with van der Waals surface area (Å²) in [7, 11) is 3.74. The normalized spacial score (nSPS) is 23.3. The molecule has 3 rings (SSSR count). The second-order valence-electron chi connectivity index (χ2n) is 6.83. The number of hydrogen-bond acceptors (Lipinski definition) is 4. The quantitative estimate of drug-likeness (QED) is 0.873. The van der Waals surface area contributed by atoms with Crippen molar-refractivity contribution in [1.29, 1.82) is 0 Å². The zero-order chi connectivity index (χ0) is 16.4. The van der Waals surface area contributed by atoms with Gasteiger partial charge in [-0.05, 0) is 45.3 Å². The van der Waals surface area contributed by atoms with Crippen molar-refractivity contribution >= 4 is 5.97 Å². The molecular formula is C18H25NO4. The molecule has 1 aliphatic carbocycles. The first-order chi connectivity index (χ1) is 11.0. The molecule has 0 bridgehead atoms. The Morgan fingerprint density at radius 3 is 2.83 bits per heavy atom. The minimum atomic E-state index is -0.759. The number of rotatable bonds is 6. The van der Waals surface area contributed by atoms with Crippen LogP contribution in [-0.2, 0) is 10.2 Å². The van der Waals surface area contributed by atoms with E-state index in [-0.39, 0.29) is 17.9 Å². The maximum atomic E-state index is 11.2. The van der Waals surface area contributed by atoms with Gasteiger partial charge in [-0.2, -0.15) is 0 Å². The van der Waals surface area contributed by atoms with Crippen molar-refractivity contribution in [2.45, 2.75) is 43.6 Å². The Labute approximate surface area is 137 Å². The summed E-state index contributed by atoms with van der Waals surface area (Å²) in [6.45, 7) is 2.02. The van der Waals surface area contributed by atoms with Gasteiger partial charge in [0.05, 0.1) is 13.5 Å². The van der Waals surface area contributed by atoms with E-state index < -0.39 is 5.97 Å². The van der Waals surface area contributed by atoms with Gasteiger partial charge in [-0.25, -0.2) is 0 Å².